The first-order valence-corrected chi connectivity index (χ1v) is 15.3. The number of ether oxygens (including phenoxy) is 1. The number of rotatable bonds is 8. The van der Waals surface area contributed by atoms with Gasteiger partial charge in [-0.3, -0.25) is 4.90 Å². The average molecular weight is 583 g/mol. The second kappa shape index (κ2) is 11.8. The fourth-order valence-corrected chi connectivity index (χ4v) is 6.44. The molecule has 0 radical (unpaired) electrons. The van der Waals surface area contributed by atoms with Gasteiger partial charge in [-0.15, -0.1) is 0 Å². The number of hydrogen-bond donors (Lipinski definition) is 1. The number of aryl methyl sites for hydroxylation is 1. The van der Waals surface area contributed by atoms with Gasteiger partial charge >= 0.3 is 12.0 Å². The number of benzene rings is 1. The topological polar surface area (TPSA) is 123 Å². The van der Waals surface area contributed by atoms with Gasteiger partial charge < -0.3 is 24.2 Å². The molecule has 0 atom stereocenters. The first-order valence-electron chi connectivity index (χ1n) is 15.3. The lowest BCUT2D eigenvalue weighted by atomic mass is 9.97. The van der Waals surface area contributed by atoms with Crippen molar-refractivity contribution in [1.29, 1.82) is 0 Å². The summed E-state index contributed by atoms with van der Waals surface area (Å²) < 4.78 is 18.2. The Kier molecular flexibility index (Phi) is 7.58. The zero-order valence-corrected chi connectivity index (χ0v) is 24.8. The summed E-state index contributed by atoms with van der Waals surface area (Å²) in [6.07, 6.45) is 5.93. The number of nitrogens with zero attached hydrogens (tertiary/aromatic N) is 7. The lowest BCUT2D eigenvalue weighted by Gasteiger charge is -2.43. The monoisotopic (exact) mass is 582 g/mol. The van der Waals surface area contributed by atoms with E-state index in [0.29, 0.717) is 53.0 Å². The number of anilines is 3. The van der Waals surface area contributed by atoms with Crippen molar-refractivity contribution in [1.82, 2.24) is 29.7 Å². The zero-order valence-electron chi connectivity index (χ0n) is 24.8. The van der Waals surface area contributed by atoms with E-state index in [1.165, 1.54) is 24.0 Å². The second-order valence-corrected chi connectivity index (χ2v) is 11.6. The molecule has 224 valence electrons. The molecule has 11 heteroatoms. The molecule has 6 heterocycles. The standard InChI is InChI=1S/C32H38N8O3/c1-3-41-27-19-22(7-6-21(27)2)20-38-15-10-23(11-16-38)39-17-12-24(13-18-39)40(31-36-29-25(42-31)5-4-14-34-29)32-37-30-26(43-32)8-9-28(33)35-30/h4-9,14,19,23-24H,3,10-13,15-18,20H2,1-2H3,(H2,33,35). The number of oxazole rings is 2. The van der Waals surface area contributed by atoms with Crippen LogP contribution in [0.15, 0.2) is 57.5 Å². The van der Waals surface area contributed by atoms with Gasteiger partial charge in [0.2, 0.25) is 11.3 Å². The summed E-state index contributed by atoms with van der Waals surface area (Å²) in [4.78, 5) is 25.3. The van der Waals surface area contributed by atoms with Gasteiger partial charge in [-0.2, -0.15) is 9.97 Å². The lowest BCUT2D eigenvalue weighted by Crippen LogP contribution is -2.50. The minimum absolute atomic E-state index is 0.107. The smallest absolute Gasteiger partial charge is 0.308 e. The highest BCUT2D eigenvalue weighted by molar-refractivity contribution is 5.74. The Morgan fingerprint density at radius 1 is 0.907 bits per heavy atom. The fourth-order valence-electron chi connectivity index (χ4n) is 6.44. The molecule has 2 N–H and O–H groups in total. The molecule has 2 aliphatic heterocycles. The fraction of sp³-hybridized carbons (Fsp3) is 0.438. The van der Waals surface area contributed by atoms with E-state index < -0.39 is 0 Å². The van der Waals surface area contributed by atoms with Gasteiger partial charge in [-0.1, -0.05) is 12.1 Å². The first-order chi connectivity index (χ1) is 21.0. The normalized spacial score (nSPS) is 17.6. The maximum atomic E-state index is 6.17. The largest absolute Gasteiger partial charge is 0.494 e. The van der Waals surface area contributed by atoms with Crippen LogP contribution in [0.25, 0.3) is 22.5 Å². The molecule has 4 aromatic heterocycles. The van der Waals surface area contributed by atoms with Gasteiger partial charge in [0.25, 0.3) is 0 Å². The number of piperidine rings is 2. The van der Waals surface area contributed by atoms with Crippen molar-refractivity contribution in [2.24, 2.45) is 0 Å². The number of fused-ring (bicyclic) bond motifs is 2. The summed E-state index contributed by atoms with van der Waals surface area (Å²) in [5.74, 6) is 1.40. The van der Waals surface area contributed by atoms with Gasteiger partial charge in [0.15, 0.2) is 11.2 Å². The summed E-state index contributed by atoms with van der Waals surface area (Å²) in [6.45, 7) is 9.98. The number of nitrogens with two attached hydrogens (primary N) is 1. The summed E-state index contributed by atoms with van der Waals surface area (Å²) in [5, 5.41) is 0. The molecule has 1 aromatic carbocycles. The SMILES string of the molecule is CCOc1cc(CN2CCC(N3CCC(N(c4nc5ncccc5o4)c4nc5nc(N)ccc5o4)CC3)CC2)ccc1C. The van der Waals surface area contributed by atoms with Crippen molar-refractivity contribution < 1.29 is 13.6 Å². The van der Waals surface area contributed by atoms with Crippen molar-refractivity contribution in [3.05, 3.63) is 59.8 Å². The summed E-state index contributed by atoms with van der Waals surface area (Å²) in [5.41, 5.74) is 10.7. The maximum Gasteiger partial charge on any atom is 0.308 e. The molecule has 0 unspecified atom stereocenters. The molecule has 0 aliphatic carbocycles. The van der Waals surface area contributed by atoms with Crippen LogP contribution >= 0.6 is 0 Å². The molecule has 2 aliphatic rings. The molecule has 0 saturated carbocycles. The van der Waals surface area contributed by atoms with Crippen LogP contribution in [0.4, 0.5) is 17.8 Å². The van der Waals surface area contributed by atoms with E-state index in [0.717, 1.165) is 51.3 Å². The van der Waals surface area contributed by atoms with Crippen LogP contribution < -0.4 is 15.4 Å². The van der Waals surface area contributed by atoms with E-state index >= 15 is 0 Å². The maximum absolute atomic E-state index is 6.17. The van der Waals surface area contributed by atoms with E-state index in [4.69, 9.17) is 24.3 Å². The Morgan fingerprint density at radius 2 is 1.65 bits per heavy atom. The van der Waals surface area contributed by atoms with Gasteiger partial charge in [0.05, 0.1) is 6.61 Å². The molecule has 43 heavy (non-hydrogen) atoms. The van der Waals surface area contributed by atoms with E-state index in [1.54, 1.807) is 18.3 Å². The number of aromatic nitrogens is 4. The van der Waals surface area contributed by atoms with Crippen molar-refractivity contribution in [3.8, 4) is 5.75 Å². The predicted molar refractivity (Wildman–Crippen MR) is 165 cm³/mol. The van der Waals surface area contributed by atoms with Gasteiger partial charge in [0, 0.05) is 37.9 Å². The molecular formula is C32H38N8O3. The summed E-state index contributed by atoms with van der Waals surface area (Å²) in [7, 11) is 0. The molecule has 0 bridgehead atoms. The van der Waals surface area contributed by atoms with E-state index in [9.17, 15) is 0 Å². The number of nitrogen functional groups attached to an aromatic ring is 1. The summed E-state index contributed by atoms with van der Waals surface area (Å²) >= 11 is 0. The van der Waals surface area contributed by atoms with E-state index in [2.05, 4.69) is 49.9 Å². The molecule has 2 fully saturated rings. The highest BCUT2D eigenvalue weighted by Crippen LogP contribution is 2.35. The average Bonchev–Trinajstić information content (AvgIpc) is 3.64. The Hall–Kier alpha value is -4.22. The third-order valence-electron chi connectivity index (χ3n) is 8.73. The third-order valence-corrected chi connectivity index (χ3v) is 8.73. The van der Waals surface area contributed by atoms with Crippen molar-refractivity contribution >= 4 is 40.3 Å². The summed E-state index contributed by atoms with van der Waals surface area (Å²) in [6, 6.07) is 15.4. The van der Waals surface area contributed by atoms with Crippen LogP contribution in [-0.2, 0) is 6.54 Å². The Balaban J connectivity index is 1.02. The molecule has 0 spiro atoms. The van der Waals surface area contributed by atoms with Crippen molar-refractivity contribution in [2.45, 2.75) is 58.2 Å². The zero-order chi connectivity index (χ0) is 29.3. The Labute approximate surface area is 250 Å². The predicted octanol–water partition coefficient (Wildman–Crippen LogP) is 5.32. The molecule has 7 rings (SSSR count). The quantitative estimate of drug-likeness (QED) is 0.256. The second-order valence-electron chi connectivity index (χ2n) is 11.6. The minimum atomic E-state index is 0.107. The molecule has 5 aromatic rings. The van der Waals surface area contributed by atoms with E-state index in [-0.39, 0.29) is 6.04 Å². The Bertz CT molecular complexity index is 1670. The van der Waals surface area contributed by atoms with Crippen LogP contribution in [0.2, 0.25) is 0 Å². The van der Waals surface area contributed by atoms with Crippen molar-refractivity contribution in [2.75, 3.05) is 43.4 Å². The van der Waals surface area contributed by atoms with Crippen LogP contribution in [0.5, 0.6) is 5.75 Å². The minimum Gasteiger partial charge on any atom is -0.494 e. The highest BCUT2D eigenvalue weighted by Gasteiger charge is 2.35. The van der Waals surface area contributed by atoms with Crippen LogP contribution in [-0.4, -0.2) is 74.6 Å². The number of pyridine rings is 2. The van der Waals surface area contributed by atoms with Gasteiger partial charge in [0.1, 0.15) is 11.6 Å². The first kappa shape index (κ1) is 27.6. The van der Waals surface area contributed by atoms with E-state index in [1.807, 2.05) is 24.0 Å². The highest BCUT2D eigenvalue weighted by atomic mass is 16.5. The molecule has 0 amide bonds. The molecule has 2 saturated heterocycles. The van der Waals surface area contributed by atoms with Crippen molar-refractivity contribution in [3.63, 3.8) is 0 Å². The van der Waals surface area contributed by atoms with Crippen LogP contribution in [0.3, 0.4) is 0 Å². The van der Waals surface area contributed by atoms with Crippen LogP contribution in [0.1, 0.15) is 43.7 Å². The molecule has 11 nitrogen and oxygen atoms in total. The Morgan fingerprint density at radius 3 is 2.40 bits per heavy atom. The van der Waals surface area contributed by atoms with Gasteiger partial charge in [-0.05, 0) is 94.1 Å². The lowest BCUT2D eigenvalue weighted by molar-refractivity contribution is 0.0844. The number of likely N-dealkylation sites (tertiary alicyclic amines) is 2. The van der Waals surface area contributed by atoms with Gasteiger partial charge in [-0.25, -0.2) is 14.9 Å². The third kappa shape index (κ3) is 5.74. The number of hydrogen-bond acceptors (Lipinski definition) is 11. The van der Waals surface area contributed by atoms with Crippen LogP contribution in [0, 0.1) is 6.92 Å². The molecular weight excluding hydrogens is 544 g/mol.